The fraction of sp³-hybridized carbons (Fsp3) is 1.00. The lowest BCUT2D eigenvalue weighted by atomic mass is 10.1. The Morgan fingerprint density at radius 1 is 0.419 bits per heavy atom. The molecule has 0 spiro atoms. The van der Waals surface area contributed by atoms with Gasteiger partial charge >= 0.3 is 0 Å². The normalized spacial score (nSPS) is 11.4. The van der Waals surface area contributed by atoms with E-state index >= 15 is 0 Å². The van der Waals surface area contributed by atoms with Gasteiger partial charge in [0.1, 0.15) is 0 Å². The van der Waals surface area contributed by atoms with Gasteiger partial charge in [-0.1, -0.05) is 117 Å². The summed E-state index contributed by atoms with van der Waals surface area (Å²) in [5, 5.41) is 0. The molecule has 0 saturated heterocycles. The Kier molecular flexibility index (Phi) is 30.4. The molecule has 0 aromatic heterocycles. The van der Waals surface area contributed by atoms with Crippen LogP contribution in [0.3, 0.4) is 0 Å². The molecule has 0 amide bonds. The van der Waals surface area contributed by atoms with Crippen LogP contribution in [0.4, 0.5) is 0 Å². The van der Waals surface area contributed by atoms with E-state index < -0.39 is 7.14 Å². The van der Waals surface area contributed by atoms with Gasteiger partial charge in [-0.3, -0.25) is 0 Å². The Balaban J connectivity index is 0. The molecule has 0 aliphatic rings. The van der Waals surface area contributed by atoms with E-state index in [1.165, 1.54) is 116 Å². The van der Waals surface area contributed by atoms with Crippen molar-refractivity contribution in [3.05, 3.63) is 0 Å². The van der Waals surface area contributed by atoms with E-state index in [1.54, 1.807) is 0 Å². The summed E-state index contributed by atoms with van der Waals surface area (Å²) >= 11 is 0. The summed E-state index contributed by atoms with van der Waals surface area (Å²) in [5.41, 5.74) is 0. The van der Waals surface area contributed by atoms with Crippen LogP contribution < -0.4 is 0 Å². The second kappa shape index (κ2) is 28.2. The minimum Gasteiger partial charge on any atom is -0.382 e. The first-order valence-electron chi connectivity index (χ1n) is 14.2. The third-order valence-electron chi connectivity index (χ3n) is 6.17. The fourth-order valence-corrected chi connectivity index (χ4v) is 7.15. The molecule has 0 aliphatic heterocycles. The summed E-state index contributed by atoms with van der Waals surface area (Å²) < 4.78 is 18.3. The summed E-state index contributed by atoms with van der Waals surface area (Å²) in [4.78, 5) is 0. The van der Waals surface area contributed by atoms with Crippen LogP contribution in [0.25, 0.3) is 0 Å². The van der Waals surface area contributed by atoms with Crippen LogP contribution in [-0.2, 0) is 9.30 Å². The number of hydrogen-bond donors (Lipinski definition) is 0. The average Bonchev–Trinajstić information content (AvgIpc) is 2.77. The molecule has 3 heteroatoms. The van der Waals surface area contributed by atoms with Crippen molar-refractivity contribution in [3.8, 4) is 0 Å². The van der Waals surface area contributed by atoms with Crippen LogP contribution in [0.15, 0.2) is 0 Å². The van der Waals surface area contributed by atoms with Crippen LogP contribution in [0.2, 0.25) is 0 Å². The first kappa shape index (κ1) is 33.4. The molecule has 0 heterocycles. The largest absolute Gasteiger partial charge is 0.382 e. The lowest BCUT2D eigenvalue weighted by Gasteiger charge is -2.18. The molecule has 0 bridgehead atoms. The Labute approximate surface area is 198 Å². The van der Waals surface area contributed by atoms with Gasteiger partial charge in [-0.2, -0.15) is 0 Å². The molecule has 2 nitrogen and oxygen atoms in total. The van der Waals surface area contributed by atoms with Gasteiger partial charge in [-0.15, -0.1) is 0 Å². The highest BCUT2D eigenvalue weighted by Gasteiger charge is 2.20. The number of ether oxygens (including phenoxy) is 1. The van der Waals surface area contributed by atoms with Crippen LogP contribution in [0, 0.1) is 0 Å². The highest BCUT2D eigenvalue weighted by Crippen LogP contribution is 2.48. The second-order valence-corrected chi connectivity index (χ2v) is 12.8. The Morgan fingerprint density at radius 3 is 0.903 bits per heavy atom. The predicted octanol–water partition coefficient (Wildman–Crippen LogP) is 10.5. The monoisotopic (exact) mass is 460 g/mol. The molecule has 0 N–H and O–H groups in total. The van der Waals surface area contributed by atoms with E-state index in [0.717, 1.165) is 31.7 Å². The summed E-state index contributed by atoms with van der Waals surface area (Å²) in [6.45, 7) is 12.5. The summed E-state index contributed by atoms with van der Waals surface area (Å²) in [6.07, 6.45) is 26.9. The first-order chi connectivity index (χ1) is 15.1. The average molecular weight is 461 g/mol. The van der Waals surface area contributed by atoms with Gasteiger partial charge in [-0.25, -0.2) is 0 Å². The lowest BCUT2D eigenvalue weighted by Crippen LogP contribution is -2.02. The molecule has 0 radical (unpaired) electrons. The van der Waals surface area contributed by atoms with E-state index in [1.807, 2.05) is 13.8 Å². The number of unbranched alkanes of at least 4 members (excludes halogenated alkanes) is 15. The van der Waals surface area contributed by atoms with Crippen molar-refractivity contribution >= 4 is 7.14 Å². The molecular formula is C28H61O2P. The third-order valence-corrected chi connectivity index (χ3v) is 9.56. The maximum Gasteiger partial charge on any atom is 0.0877 e. The molecule has 31 heavy (non-hydrogen) atoms. The van der Waals surface area contributed by atoms with Gasteiger partial charge in [0.05, 0.1) is 7.14 Å². The lowest BCUT2D eigenvalue weighted by molar-refractivity contribution is 0.162. The molecule has 0 aromatic carbocycles. The van der Waals surface area contributed by atoms with Gasteiger partial charge in [0.25, 0.3) is 0 Å². The Hall–Kier alpha value is 0.190. The zero-order valence-corrected chi connectivity index (χ0v) is 23.4. The van der Waals surface area contributed by atoms with Crippen molar-refractivity contribution in [2.75, 3.05) is 31.7 Å². The maximum absolute atomic E-state index is 13.5. The topological polar surface area (TPSA) is 26.3 Å². The van der Waals surface area contributed by atoms with Crippen LogP contribution >= 0.6 is 7.14 Å². The molecular weight excluding hydrogens is 399 g/mol. The van der Waals surface area contributed by atoms with Gasteiger partial charge in [0.2, 0.25) is 0 Å². The van der Waals surface area contributed by atoms with E-state index in [4.69, 9.17) is 4.74 Å². The van der Waals surface area contributed by atoms with Gasteiger partial charge in [0, 0.05) is 31.7 Å². The van der Waals surface area contributed by atoms with Gasteiger partial charge in [-0.05, 0) is 33.1 Å². The molecule has 0 rings (SSSR count). The second-order valence-electron chi connectivity index (χ2n) is 9.31. The molecule has 0 aromatic rings. The van der Waals surface area contributed by atoms with E-state index in [9.17, 15) is 4.57 Å². The number of rotatable bonds is 23. The smallest absolute Gasteiger partial charge is 0.0877 e. The molecule has 0 unspecified atom stereocenters. The molecule has 0 saturated carbocycles. The minimum absolute atomic E-state index is 0.844. The Morgan fingerprint density at radius 2 is 0.677 bits per heavy atom. The third kappa shape index (κ3) is 28.2. The first-order valence-corrected chi connectivity index (χ1v) is 16.5. The maximum atomic E-state index is 13.5. The van der Waals surface area contributed by atoms with Crippen LogP contribution in [0.5, 0.6) is 0 Å². The quantitative estimate of drug-likeness (QED) is 0.112. The minimum atomic E-state index is -1.89. The SMILES string of the molecule is CCCCCCCCP(=O)(CCCCCCCC)CCCCCCCC.CCOCC. The van der Waals surface area contributed by atoms with E-state index in [0.29, 0.717) is 0 Å². The highest BCUT2D eigenvalue weighted by molar-refractivity contribution is 7.63. The van der Waals surface area contributed by atoms with Crippen molar-refractivity contribution in [2.24, 2.45) is 0 Å². The van der Waals surface area contributed by atoms with Crippen molar-refractivity contribution in [1.82, 2.24) is 0 Å². The number of hydrogen-bond acceptors (Lipinski definition) is 2. The summed E-state index contributed by atoms with van der Waals surface area (Å²) in [7, 11) is -1.89. The predicted molar refractivity (Wildman–Crippen MR) is 145 cm³/mol. The molecule has 190 valence electrons. The van der Waals surface area contributed by atoms with Gasteiger partial charge < -0.3 is 9.30 Å². The van der Waals surface area contributed by atoms with Gasteiger partial charge in [0.15, 0.2) is 0 Å². The zero-order valence-electron chi connectivity index (χ0n) is 22.5. The van der Waals surface area contributed by atoms with E-state index in [2.05, 4.69) is 20.8 Å². The van der Waals surface area contributed by atoms with Crippen molar-refractivity contribution < 1.29 is 9.30 Å². The molecule has 0 aliphatic carbocycles. The van der Waals surface area contributed by atoms with Crippen molar-refractivity contribution in [3.63, 3.8) is 0 Å². The van der Waals surface area contributed by atoms with E-state index in [-0.39, 0.29) is 0 Å². The Bertz CT molecular complexity index is 307. The zero-order chi connectivity index (χ0) is 23.5. The molecule has 0 fully saturated rings. The highest BCUT2D eigenvalue weighted by atomic mass is 31.2. The summed E-state index contributed by atoms with van der Waals surface area (Å²) in [6, 6.07) is 0. The molecule has 0 atom stereocenters. The van der Waals surface area contributed by atoms with Crippen molar-refractivity contribution in [2.45, 2.75) is 150 Å². The van der Waals surface area contributed by atoms with Crippen LogP contribution in [-0.4, -0.2) is 31.7 Å². The van der Waals surface area contributed by atoms with Crippen LogP contribution in [0.1, 0.15) is 150 Å². The standard InChI is InChI=1S/C24H51OP.C4H10O/c1-4-7-10-13-16-19-22-26(25,23-20-17-14-11-8-5-2)24-21-18-15-12-9-6-3;1-3-5-4-2/h4-24H2,1-3H3;3-4H2,1-2H3. The fourth-order valence-electron chi connectivity index (χ4n) is 4.08. The summed E-state index contributed by atoms with van der Waals surface area (Å²) in [5.74, 6) is 0. The van der Waals surface area contributed by atoms with Crippen molar-refractivity contribution in [1.29, 1.82) is 0 Å².